The van der Waals surface area contributed by atoms with Gasteiger partial charge in [0.1, 0.15) is 11.3 Å². The van der Waals surface area contributed by atoms with Crippen LogP contribution in [-0.2, 0) is 10.9 Å². The third-order valence-electron chi connectivity index (χ3n) is 6.14. The van der Waals surface area contributed by atoms with E-state index in [0.29, 0.717) is 23.3 Å². The summed E-state index contributed by atoms with van der Waals surface area (Å²) in [7, 11) is 2.05. The lowest BCUT2D eigenvalue weighted by atomic mass is 10.1. The number of alkyl halides is 3. The zero-order chi connectivity index (χ0) is 26.7. The second-order valence-electron chi connectivity index (χ2n) is 8.65. The second-order valence-corrected chi connectivity index (χ2v) is 9.05. The van der Waals surface area contributed by atoms with Crippen LogP contribution in [0.15, 0.2) is 36.5 Å². The predicted octanol–water partition coefficient (Wildman–Crippen LogP) is 5.98. The van der Waals surface area contributed by atoms with Crippen LogP contribution >= 0.6 is 11.6 Å². The Balaban J connectivity index is 1.91. The number of nitrogens with zero attached hydrogens (tertiary/aromatic N) is 3. The van der Waals surface area contributed by atoms with Crippen molar-refractivity contribution in [2.24, 2.45) is 0 Å². The Morgan fingerprint density at radius 1 is 1.11 bits per heavy atom. The number of nitrogens with one attached hydrogen (secondary N) is 1. The van der Waals surface area contributed by atoms with E-state index < -0.39 is 17.7 Å². The van der Waals surface area contributed by atoms with Crippen LogP contribution in [0.5, 0.6) is 5.75 Å². The summed E-state index contributed by atoms with van der Waals surface area (Å²) < 4.78 is 51.4. The Labute approximate surface area is 218 Å². The zero-order valence-corrected chi connectivity index (χ0v) is 21.5. The number of carbonyl (C=O) groups excluding carboxylic acids is 1. The van der Waals surface area contributed by atoms with E-state index in [2.05, 4.69) is 27.1 Å². The molecule has 37 heavy (non-hydrogen) atoms. The molecular formula is C26H28ClF3N4O3. The quantitative estimate of drug-likeness (QED) is 0.373. The van der Waals surface area contributed by atoms with Crippen molar-refractivity contribution in [1.29, 1.82) is 0 Å². The minimum absolute atomic E-state index is 0.00423. The highest BCUT2D eigenvalue weighted by Gasteiger charge is 2.31. The van der Waals surface area contributed by atoms with E-state index in [1.54, 1.807) is 13.0 Å². The molecule has 1 fully saturated rings. The smallest absolute Gasteiger partial charge is 0.416 e. The molecule has 0 unspecified atom stereocenters. The van der Waals surface area contributed by atoms with E-state index in [1.807, 2.05) is 13.0 Å². The molecule has 1 aliphatic heterocycles. The summed E-state index contributed by atoms with van der Waals surface area (Å²) in [5.74, 6) is -0.0171. The highest BCUT2D eigenvalue weighted by Crippen LogP contribution is 2.40. The summed E-state index contributed by atoms with van der Waals surface area (Å²) in [5.41, 5.74) is 0.777. The Morgan fingerprint density at radius 2 is 1.84 bits per heavy atom. The van der Waals surface area contributed by atoms with Gasteiger partial charge < -0.3 is 24.6 Å². The zero-order valence-electron chi connectivity index (χ0n) is 20.8. The number of esters is 1. The van der Waals surface area contributed by atoms with Crippen LogP contribution < -0.4 is 15.0 Å². The van der Waals surface area contributed by atoms with Crippen molar-refractivity contribution in [2.75, 3.05) is 56.7 Å². The molecular weight excluding hydrogens is 509 g/mol. The first kappa shape index (κ1) is 26.8. The topological polar surface area (TPSA) is 66.9 Å². The van der Waals surface area contributed by atoms with Crippen LogP contribution in [0, 0.1) is 0 Å². The molecule has 2 aromatic carbocycles. The second kappa shape index (κ2) is 11.0. The normalized spacial score (nSPS) is 14.6. The molecule has 1 aliphatic rings. The fraction of sp³-hybridized carbons (Fsp3) is 0.385. The molecule has 0 spiro atoms. The molecule has 198 valence electrons. The Morgan fingerprint density at radius 3 is 2.49 bits per heavy atom. The number of likely N-dealkylation sites (N-methyl/N-ethyl adjacent to an activating group) is 1. The highest BCUT2D eigenvalue weighted by molar-refractivity contribution is 6.33. The van der Waals surface area contributed by atoms with Gasteiger partial charge >= 0.3 is 12.1 Å². The van der Waals surface area contributed by atoms with Crippen molar-refractivity contribution in [3.05, 3.63) is 52.7 Å². The summed E-state index contributed by atoms with van der Waals surface area (Å²) in [5, 5.41) is 3.58. The van der Waals surface area contributed by atoms with Crippen LogP contribution in [0.4, 0.5) is 30.2 Å². The maximum atomic E-state index is 13.4. The summed E-state index contributed by atoms with van der Waals surface area (Å²) in [6, 6.07) is 6.62. The molecule has 3 aromatic rings. The molecule has 0 saturated carbocycles. The number of aromatic nitrogens is 1. The van der Waals surface area contributed by atoms with E-state index in [-0.39, 0.29) is 28.6 Å². The lowest BCUT2D eigenvalue weighted by Gasteiger charge is -2.35. The maximum absolute atomic E-state index is 13.4. The number of piperazine rings is 1. The van der Waals surface area contributed by atoms with Crippen LogP contribution in [0.1, 0.15) is 29.8 Å². The van der Waals surface area contributed by atoms with Crippen LogP contribution in [-0.4, -0.2) is 62.3 Å². The summed E-state index contributed by atoms with van der Waals surface area (Å²) in [6.07, 6.45) is -3.22. The average Bonchev–Trinajstić information content (AvgIpc) is 2.85. The molecule has 0 amide bonds. The molecule has 0 aliphatic carbocycles. The van der Waals surface area contributed by atoms with Gasteiger partial charge in [-0.15, -0.1) is 0 Å². The minimum Gasteiger partial charge on any atom is -0.492 e. The maximum Gasteiger partial charge on any atom is 0.416 e. The van der Waals surface area contributed by atoms with Gasteiger partial charge in [0.05, 0.1) is 46.4 Å². The highest BCUT2D eigenvalue weighted by atomic mass is 35.5. The number of pyridine rings is 1. The van der Waals surface area contributed by atoms with E-state index in [1.165, 1.54) is 12.3 Å². The van der Waals surface area contributed by atoms with Crippen molar-refractivity contribution in [2.45, 2.75) is 20.0 Å². The standard InChI is InChI=1S/C26H28ClF3N4O3/c1-4-36-23-14-20-17(13-22(23)34-10-8-33(3)9-11-34)24(18(15-31-20)25(35)37-5-2)32-21-12-16(26(28,29)30)6-7-19(21)27/h6-7,12-15H,4-5,8-11H2,1-3H3,(H,31,32). The van der Waals surface area contributed by atoms with E-state index in [4.69, 9.17) is 21.1 Å². The number of benzene rings is 2. The molecule has 1 saturated heterocycles. The summed E-state index contributed by atoms with van der Waals surface area (Å²) >= 11 is 6.28. The van der Waals surface area contributed by atoms with Gasteiger partial charge in [-0.3, -0.25) is 4.98 Å². The first-order chi connectivity index (χ1) is 17.6. The fourth-order valence-electron chi connectivity index (χ4n) is 4.20. The molecule has 4 rings (SSSR count). The molecule has 1 aromatic heterocycles. The number of hydrogen-bond donors (Lipinski definition) is 1. The van der Waals surface area contributed by atoms with Crippen molar-refractivity contribution in [1.82, 2.24) is 9.88 Å². The molecule has 1 N–H and O–H groups in total. The van der Waals surface area contributed by atoms with E-state index in [9.17, 15) is 18.0 Å². The number of hydrogen-bond acceptors (Lipinski definition) is 7. The first-order valence-corrected chi connectivity index (χ1v) is 12.3. The molecule has 0 radical (unpaired) electrons. The molecule has 11 heteroatoms. The van der Waals surface area contributed by atoms with Gasteiger partial charge in [0.15, 0.2) is 0 Å². The Hall–Kier alpha value is -3.24. The van der Waals surface area contributed by atoms with Crippen LogP contribution in [0.25, 0.3) is 10.9 Å². The van der Waals surface area contributed by atoms with Crippen molar-refractivity contribution < 1.29 is 27.4 Å². The molecule has 0 atom stereocenters. The third-order valence-corrected chi connectivity index (χ3v) is 6.47. The number of ether oxygens (including phenoxy) is 2. The van der Waals surface area contributed by atoms with Gasteiger partial charge in [-0.05, 0) is 45.2 Å². The van der Waals surface area contributed by atoms with Crippen molar-refractivity contribution >= 4 is 45.5 Å². The lowest BCUT2D eigenvalue weighted by molar-refractivity contribution is -0.137. The van der Waals surface area contributed by atoms with Gasteiger partial charge in [0.2, 0.25) is 0 Å². The van der Waals surface area contributed by atoms with Gasteiger partial charge in [-0.2, -0.15) is 13.2 Å². The van der Waals surface area contributed by atoms with Gasteiger partial charge in [0, 0.05) is 43.8 Å². The molecule has 0 bridgehead atoms. The Bertz CT molecular complexity index is 1290. The number of anilines is 3. The lowest BCUT2D eigenvalue weighted by Crippen LogP contribution is -2.44. The number of halogens is 4. The van der Waals surface area contributed by atoms with Crippen molar-refractivity contribution in [3.63, 3.8) is 0 Å². The van der Waals surface area contributed by atoms with E-state index >= 15 is 0 Å². The predicted molar refractivity (Wildman–Crippen MR) is 138 cm³/mol. The van der Waals surface area contributed by atoms with Crippen LogP contribution in [0.2, 0.25) is 5.02 Å². The van der Waals surface area contributed by atoms with Gasteiger partial charge in [0.25, 0.3) is 0 Å². The SMILES string of the molecule is CCOC(=O)c1cnc2cc(OCC)c(N3CCN(C)CC3)cc2c1Nc1cc(C(F)(F)F)ccc1Cl. The Kier molecular flexibility index (Phi) is 7.99. The number of rotatable bonds is 7. The monoisotopic (exact) mass is 536 g/mol. The number of carbonyl (C=O) groups is 1. The van der Waals surface area contributed by atoms with Crippen molar-refractivity contribution in [3.8, 4) is 5.75 Å². The third kappa shape index (κ3) is 5.86. The van der Waals surface area contributed by atoms with Gasteiger partial charge in [-0.25, -0.2) is 4.79 Å². The summed E-state index contributed by atoms with van der Waals surface area (Å²) in [6.45, 7) is 7.35. The van der Waals surface area contributed by atoms with Gasteiger partial charge in [-0.1, -0.05) is 11.6 Å². The average molecular weight is 537 g/mol. The van der Waals surface area contributed by atoms with Crippen LogP contribution in [0.3, 0.4) is 0 Å². The molecule has 7 nitrogen and oxygen atoms in total. The number of fused-ring (bicyclic) bond motifs is 1. The van der Waals surface area contributed by atoms with E-state index in [0.717, 1.165) is 44.0 Å². The minimum atomic E-state index is -4.56. The first-order valence-electron chi connectivity index (χ1n) is 12.0. The summed E-state index contributed by atoms with van der Waals surface area (Å²) in [4.78, 5) is 21.7. The molecule has 2 heterocycles. The largest absolute Gasteiger partial charge is 0.492 e. The fourth-order valence-corrected chi connectivity index (χ4v) is 4.37.